The number of nitrogens with one attached hydrogen (secondary N) is 1. The number of halogens is 1. The van der Waals surface area contributed by atoms with Gasteiger partial charge in [-0.1, -0.05) is 11.6 Å². The van der Waals surface area contributed by atoms with Gasteiger partial charge in [0.05, 0.1) is 16.9 Å². The summed E-state index contributed by atoms with van der Waals surface area (Å²) in [6, 6.07) is 11.9. The molecule has 0 fully saturated rings. The van der Waals surface area contributed by atoms with Gasteiger partial charge in [-0.15, -0.1) is 0 Å². The summed E-state index contributed by atoms with van der Waals surface area (Å²) in [5, 5.41) is 13.1. The third-order valence-corrected chi connectivity index (χ3v) is 3.97. The second kappa shape index (κ2) is 6.37. The summed E-state index contributed by atoms with van der Waals surface area (Å²) in [4.78, 5) is 17.0. The number of phenols is 1. The monoisotopic (exact) mass is 341 g/mol. The van der Waals surface area contributed by atoms with Crippen molar-refractivity contribution in [1.29, 1.82) is 0 Å². The number of H-pyrrole nitrogens is 1. The fourth-order valence-electron chi connectivity index (χ4n) is 2.40. The molecule has 0 unspecified atom stereocenters. The Morgan fingerprint density at radius 2 is 1.88 bits per heavy atom. The maximum absolute atomic E-state index is 12.6. The van der Waals surface area contributed by atoms with Crippen molar-refractivity contribution >= 4 is 23.5 Å². The van der Waals surface area contributed by atoms with Crippen molar-refractivity contribution in [2.75, 3.05) is 0 Å². The lowest BCUT2D eigenvalue weighted by Gasteiger charge is -2.00. The highest BCUT2D eigenvalue weighted by Crippen LogP contribution is 2.22. The first kappa shape index (κ1) is 16.1. The molecule has 0 radical (unpaired) electrons. The van der Waals surface area contributed by atoms with Crippen molar-refractivity contribution in [3.8, 4) is 11.4 Å². The summed E-state index contributed by atoms with van der Waals surface area (Å²) in [7, 11) is 0. The molecule has 3 rings (SSSR count). The number of rotatable bonds is 3. The van der Waals surface area contributed by atoms with Crippen molar-refractivity contribution in [2.45, 2.75) is 13.8 Å². The van der Waals surface area contributed by atoms with E-state index in [0.29, 0.717) is 22.0 Å². The van der Waals surface area contributed by atoms with Gasteiger partial charge in [-0.3, -0.25) is 14.9 Å². The maximum Gasteiger partial charge on any atom is 0.280 e. The quantitative estimate of drug-likeness (QED) is 0.709. The zero-order chi connectivity index (χ0) is 17.3. The second-order valence-electron chi connectivity index (χ2n) is 5.50. The van der Waals surface area contributed by atoms with Gasteiger partial charge in [-0.2, -0.15) is 0 Å². The van der Waals surface area contributed by atoms with E-state index in [-0.39, 0.29) is 11.3 Å². The Labute approximate surface area is 143 Å². The van der Waals surface area contributed by atoms with Crippen LogP contribution in [0, 0.1) is 13.8 Å². The van der Waals surface area contributed by atoms with Crippen LogP contribution in [0.4, 0.5) is 5.69 Å². The third-order valence-electron chi connectivity index (χ3n) is 3.71. The molecule has 0 saturated carbocycles. The van der Waals surface area contributed by atoms with E-state index in [2.05, 4.69) is 10.1 Å². The average molecular weight is 342 g/mol. The fraction of sp³-hybridized carbons (Fsp3) is 0.111. The lowest BCUT2D eigenvalue weighted by Crippen LogP contribution is -2.17. The molecule has 0 aliphatic carbocycles. The molecule has 0 aliphatic heterocycles. The number of aryl methyl sites for hydroxylation is 2. The normalized spacial score (nSPS) is 11.3. The first-order chi connectivity index (χ1) is 11.5. The van der Waals surface area contributed by atoms with E-state index in [1.807, 2.05) is 13.8 Å². The van der Waals surface area contributed by atoms with Crippen molar-refractivity contribution in [1.82, 2.24) is 9.78 Å². The first-order valence-corrected chi connectivity index (χ1v) is 7.75. The lowest BCUT2D eigenvalue weighted by molar-refractivity contribution is 0.475. The molecule has 122 valence electrons. The molecular formula is C18H16ClN3O2. The van der Waals surface area contributed by atoms with Gasteiger partial charge in [0.1, 0.15) is 5.75 Å². The van der Waals surface area contributed by atoms with E-state index in [4.69, 9.17) is 11.6 Å². The van der Waals surface area contributed by atoms with E-state index in [1.165, 1.54) is 4.68 Å². The van der Waals surface area contributed by atoms with Gasteiger partial charge in [-0.05, 0) is 61.9 Å². The molecule has 0 saturated heterocycles. The highest BCUT2D eigenvalue weighted by atomic mass is 35.5. The molecule has 0 amide bonds. The first-order valence-electron chi connectivity index (χ1n) is 7.37. The van der Waals surface area contributed by atoms with E-state index in [9.17, 15) is 9.90 Å². The van der Waals surface area contributed by atoms with Crippen LogP contribution in [0.1, 0.15) is 16.8 Å². The molecule has 2 N–H and O–H groups in total. The summed E-state index contributed by atoms with van der Waals surface area (Å²) >= 11 is 5.88. The molecular weight excluding hydrogens is 326 g/mol. The molecule has 6 heteroatoms. The van der Waals surface area contributed by atoms with Crippen LogP contribution in [-0.2, 0) is 0 Å². The molecule has 24 heavy (non-hydrogen) atoms. The molecule has 2 aromatic carbocycles. The minimum Gasteiger partial charge on any atom is -0.508 e. The summed E-state index contributed by atoms with van der Waals surface area (Å²) in [5.74, 6) is 0.189. The molecule has 1 heterocycles. The van der Waals surface area contributed by atoms with Crippen LogP contribution in [0.15, 0.2) is 52.3 Å². The molecule has 1 aromatic heterocycles. The summed E-state index contributed by atoms with van der Waals surface area (Å²) in [5.41, 5.74) is 3.25. The van der Waals surface area contributed by atoms with Crippen molar-refractivity contribution in [2.24, 2.45) is 4.99 Å². The van der Waals surface area contributed by atoms with Gasteiger partial charge >= 0.3 is 0 Å². The Morgan fingerprint density at radius 3 is 2.54 bits per heavy atom. The summed E-state index contributed by atoms with van der Waals surface area (Å²) in [6.45, 7) is 3.67. The van der Waals surface area contributed by atoms with Crippen molar-refractivity contribution in [3.63, 3.8) is 0 Å². The van der Waals surface area contributed by atoms with E-state index >= 15 is 0 Å². The van der Waals surface area contributed by atoms with Gasteiger partial charge in [0.15, 0.2) is 0 Å². The Balaban J connectivity index is 1.99. The molecule has 0 aliphatic rings. The molecule has 3 aromatic rings. The molecule has 5 nitrogen and oxygen atoms in total. The van der Waals surface area contributed by atoms with Gasteiger partial charge in [0, 0.05) is 16.9 Å². The Bertz CT molecular complexity index is 969. The summed E-state index contributed by atoms with van der Waals surface area (Å²) < 4.78 is 1.46. The van der Waals surface area contributed by atoms with Gasteiger partial charge < -0.3 is 5.11 Å². The highest BCUT2D eigenvalue weighted by Gasteiger charge is 2.10. The predicted molar refractivity (Wildman–Crippen MR) is 96.2 cm³/mol. The van der Waals surface area contributed by atoms with Gasteiger partial charge in [0.2, 0.25) is 0 Å². The van der Waals surface area contributed by atoms with Crippen LogP contribution >= 0.6 is 11.6 Å². The smallest absolute Gasteiger partial charge is 0.280 e. The average Bonchev–Trinajstić information content (AvgIpc) is 2.82. The Hall–Kier alpha value is -2.79. The number of benzene rings is 2. The number of aromatic amines is 1. The SMILES string of the molecule is Cc1cc(O)ccc1N=Cc1c(C)[nH]n(-c2ccc(Cl)cc2)c1=O. The zero-order valence-electron chi connectivity index (χ0n) is 13.2. The number of aliphatic imine (C=N–C) groups is 1. The summed E-state index contributed by atoms with van der Waals surface area (Å²) in [6.07, 6.45) is 1.54. The van der Waals surface area contributed by atoms with Crippen LogP contribution < -0.4 is 5.56 Å². The van der Waals surface area contributed by atoms with Gasteiger partial charge in [-0.25, -0.2) is 4.68 Å². The second-order valence-corrected chi connectivity index (χ2v) is 5.93. The minimum atomic E-state index is -0.185. The predicted octanol–water partition coefficient (Wildman–Crippen LogP) is 3.89. The standard InChI is InChI=1S/C18H16ClN3O2/c1-11-9-15(23)7-8-17(11)20-10-16-12(2)21-22(18(16)24)14-5-3-13(19)4-6-14/h3-10,21,23H,1-2H3. The Kier molecular flexibility index (Phi) is 4.27. The van der Waals surface area contributed by atoms with Crippen LogP contribution in [-0.4, -0.2) is 21.1 Å². The van der Waals surface area contributed by atoms with Crippen molar-refractivity contribution in [3.05, 3.63) is 74.7 Å². The third kappa shape index (κ3) is 3.12. The molecule has 0 bridgehead atoms. The largest absolute Gasteiger partial charge is 0.508 e. The van der Waals surface area contributed by atoms with E-state index < -0.39 is 0 Å². The van der Waals surface area contributed by atoms with Crippen LogP contribution in [0.2, 0.25) is 5.02 Å². The topological polar surface area (TPSA) is 70.4 Å². The van der Waals surface area contributed by atoms with Crippen LogP contribution in [0.5, 0.6) is 5.75 Å². The Morgan fingerprint density at radius 1 is 1.17 bits per heavy atom. The van der Waals surface area contributed by atoms with Crippen molar-refractivity contribution < 1.29 is 5.11 Å². The number of nitrogens with zero attached hydrogens (tertiary/aromatic N) is 2. The highest BCUT2D eigenvalue weighted by molar-refractivity contribution is 6.30. The number of hydrogen-bond acceptors (Lipinski definition) is 3. The van der Waals surface area contributed by atoms with Crippen LogP contribution in [0.25, 0.3) is 5.69 Å². The lowest BCUT2D eigenvalue weighted by atomic mass is 10.2. The molecule has 0 spiro atoms. The van der Waals surface area contributed by atoms with E-state index in [0.717, 1.165) is 11.3 Å². The number of aromatic hydroxyl groups is 1. The van der Waals surface area contributed by atoms with E-state index in [1.54, 1.807) is 48.7 Å². The number of aromatic nitrogens is 2. The number of phenolic OH excluding ortho intramolecular Hbond substituents is 1. The maximum atomic E-state index is 12.6. The van der Waals surface area contributed by atoms with Crippen LogP contribution in [0.3, 0.4) is 0 Å². The number of hydrogen-bond donors (Lipinski definition) is 2. The zero-order valence-corrected chi connectivity index (χ0v) is 14.0. The fourth-order valence-corrected chi connectivity index (χ4v) is 2.53. The van der Waals surface area contributed by atoms with Gasteiger partial charge in [0.25, 0.3) is 5.56 Å². The minimum absolute atomic E-state index is 0.185. The molecule has 0 atom stereocenters.